The molecule has 0 aromatic heterocycles. The van der Waals surface area contributed by atoms with Gasteiger partial charge in [0.15, 0.2) is 0 Å². The van der Waals surface area contributed by atoms with Crippen LogP contribution in [0.15, 0.2) is 16.6 Å². The van der Waals surface area contributed by atoms with Gasteiger partial charge >= 0.3 is 0 Å². The van der Waals surface area contributed by atoms with E-state index in [1.165, 1.54) is 0 Å². The number of methoxy groups -OCH3 is 1. The monoisotopic (exact) mass is 240 g/mol. The van der Waals surface area contributed by atoms with E-state index in [1.54, 1.807) is 19.2 Å². The summed E-state index contributed by atoms with van der Waals surface area (Å²) in [4.78, 5) is 0. The maximum Gasteiger partial charge on any atom is 0.124 e. The van der Waals surface area contributed by atoms with Gasteiger partial charge in [-0.05, 0) is 28.1 Å². The second-order valence-corrected chi connectivity index (χ2v) is 3.27. The molecule has 0 atom stereocenters. The number of nitrogens with two attached hydrogens (primary N) is 1. The van der Waals surface area contributed by atoms with Crippen LogP contribution in [0.25, 0.3) is 0 Å². The Bertz CT molecular complexity index is 357. The first kappa shape index (κ1) is 10.0. The van der Waals surface area contributed by atoms with Gasteiger partial charge in [-0.1, -0.05) is 0 Å². The van der Waals surface area contributed by atoms with Gasteiger partial charge in [0.2, 0.25) is 0 Å². The van der Waals surface area contributed by atoms with Gasteiger partial charge in [-0.2, -0.15) is 5.26 Å². The third-order valence-electron chi connectivity index (χ3n) is 1.75. The highest BCUT2D eigenvalue weighted by Gasteiger charge is 2.10. The van der Waals surface area contributed by atoms with Crippen molar-refractivity contribution in [2.75, 3.05) is 7.11 Å². The highest BCUT2D eigenvalue weighted by Crippen LogP contribution is 2.27. The lowest BCUT2D eigenvalue weighted by atomic mass is 10.1. The van der Waals surface area contributed by atoms with Crippen molar-refractivity contribution in [3.63, 3.8) is 0 Å². The number of rotatable bonds is 2. The number of nitriles is 1. The van der Waals surface area contributed by atoms with Crippen LogP contribution in [-0.4, -0.2) is 7.11 Å². The van der Waals surface area contributed by atoms with Gasteiger partial charge in [0.25, 0.3) is 0 Å². The first-order valence-electron chi connectivity index (χ1n) is 3.70. The average molecular weight is 241 g/mol. The molecule has 68 valence electrons. The molecule has 4 heteroatoms. The number of benzene rings is 1. The van der Waals surface area contributed by atoms with Gasteiger partial charge in [-0.25, -0.2) is 0 Å². The van der Waals surface area contributed by atoms with E-state index in [2.05, 4.69) is 22.0 Å². The predicted octanol–water partition coefficient (Wildman–Crippen LogP) is 1.79. The van der Waals surface area contributed by atoms with E-state index >= 15 is 0 Å². The molecular weight excluding hydrogens is 232 g/mol. The second kappa shape index (κ2) is 4.26. The van der Waals surface area contributed by atoms with Crippen molar-refractivity contribution < 1.29 is 4.74 Å². The van der Waals surface area contributed by atoms with Crippen LogP contribution in [0.2, 0.25) is 0 Å². The summed E-state index contributed by atoms with van der Waals surface area (Å²) in [5.74, 6) is 0.655. The predicted molar refractivity (Wildman–Crippen MR) is 53.3 cm³/mol. The molecule has 0 radical (unpaired) electrons. The summed E-state index contributed by atoms with van der Waals surface area (Å²) in [5.41, 5.74) is 6.80. The van der Waals surface area contributed by atoms with Crippen molar-refractivity contribution in [2.45, 2.75) is 6.54 Å². The SMILES string of the molecule is COc1ccc(Br)c(C#N)c1CN. The fourth-order valence-electron chi connectivity index (χ4n) is 1.11. The lowest BCUT2D eigenvalue weighted by molar-refractivity contribution is 0.409. The number of hydrogen-bond acceptors (Lipinski definition) is 3. The van der Waals surface area contributed by atoms with Crippen molar-refractivity contribution in [2.24, 2.45) is 5.73 Å². The van der Waals surface area contributed by atoms with Gasteiger partial charge in [0.05, 0.1) is 12.7 Å². The minimum Gasteiger partial charge on any atom is -0.496 e. The molecule has 3 nitrogen and oxygen atoms in total. The Hall–Kier alpha value is -1.05. The molecule has 0 spiro atoms. The molecule has 1 aromatic rings. The topological polar surface area (TPSA) is 59.0 Å². The van der Waals surface area contributed by atoms with Crippen LogP contribution in [0, 0.1) is 11.3 Å². The summed E-state index contributed by atoms with van der Waals surface area (Å²) in [5, 5.41) is 8.86. The Balaban J connectivity index is 3.38. The van der Waals surface area contributed by atoms with Crippen LogP contribution in [0.4, 0.5) is 0 Å². The van der Waals surface area contributed by atoms with Crippen molar-refractivity contribution in [3.05, 3.63) is 27.7 Å². The van der Waals surface area contributed by atoms with Crippen LogP contribution in [0.5, 0.6) is 5.75 Å². The zero-order valence-electron chi connectivity index (χ0n) is 7.17. The van der Waals surface area contributed by atoms with E-state index in [9.17, 15) is 0 Å². The van der Waals surface area contributed by atoms with E-state index in [4.69, 9.17) is 15.7 Å². The molecule has 0 bridgehead atoms. The van der Waals surface area contributed by atoms with E-state index in [1.807, 2.05) is 0 Å². The number of halogens is 1. The Morgan fingerprint density at radius 1 is 1.62 bits per heavy atom. The highest BCUT2D eigenvalue weighted by atomic mass is 79.9. The molecule has 1 rings (SSSR count). The zero-order valence-corrected chi connectivity index (χ0v) is 8.76. The molecule has 0 saturated carbocycles. The van der Waals surface area contributed by atoms with Crippen LogP contribution < -0.4 is 10.5 Å². The summed E-state index contributed by atoms with van der Waals surface area (Å²) in [7, 11) is 1.56. The Morgan fingerprint density at radius 2 is 2.31 bits per heavy atom. The molecular formula is C9H9BrN2O. The normalized spacial score (nSPS) is 9.38. The molecule has 0 aliphatic carbocycles. The number of hydrogen-bond donors (Lipinski definition) is 1. The molecule has 0 aliphatic rings. The molecule has 13 heavy (non-hydrogen) atoms. The minimum atomic E-state index is 0.297. The van der Waals surface area contributed by atoms with Gasteiger partial charge in [-0.15, -0.1) is 0 Å². The summed E-state index contributed by atoms with van der Waals surface area (Å²) in [6.45, 7) is 0.297. The first-order valence-corrected chi connectivity index (χ1v) is 4.49. The molecule has 0 saturated heterocycles. The van der Waals surface area contributed by atoms with Crippen LogP contribution in [0.1, 0.15) is 11.1 Å². The summed E-state index contributed by atoms with van der Waals surface area (Å²) >= 11 is 3.28. The maximum atomic E-state index is 8.86. The second-order valence-electron chi connectivity index (χ2n) is 2.42. The van der Waals surface area contributed by atoms with E-state index < -0.39 is 0 Å². The molecule has 2 N–H and O–H groups in total. The highest BCUT2D eigenvalue weighted by molar-refractivity contribution is 9.10. The molecule has 0 fully saturated rings. The standard InChI is InChI=1S/C9H9BrN2O/c1-13-9-3-2-8(10)6(4-11)7(9)5-12/h2-3H,5,12H2,1H3. The lowest BCUT2D eigenvalue weighted by Gasteiger charge is -2.08. The third kappa shape index (κ3) is 1.82. The largest absolute Gasteiger partial charge is 0.496 e. The fourth-order valence-corrected chi connectivity index (χ4v) is 1.58. The van der Waals surface area contributed by atoms with Gasteiger partial charge in [0, 0.05) is 16.6 Å². The number of ether oxygens (including phenoxy) is 1. The first-order chi connectivity index (χ1) is 6.24. The van der Waals surface area contributed by atoms with Crippen molar-refractivity contribution in [3.8, 4) is 11.8 Å². The molecule has 1 aromatic carbocycles. The van der Waals surface area contributed by atoms with Gasteiger partial charge < -0.3 is 10.5 Å². The quantitative estimate of drug-likeness (QED) is 0.858. The van der Waals surface area contributed by atoms with Crippen molar-refractivity contribution in [1.82, 2.24) is 0 Å². The van der Waals surface area contributed by atoms with Crippen molar-refractivity contribution >= 4 is 15.9 Å². The van der Waals surface area contributed by atoms with Gasteiger partial charge in [0.1, 0.15) is 11.8 Å². The average Bonchev–Trinajstić information content (AvgIpc) is 2.17. The Morgan fingerprint density at radius 3 is 2.77 bits per heavy atom. The lowest BCUT2D eigenvalue weighted by Crippen LogP contribution is -2.03. The maximum absolute atomic E-state index is 8.86. The molecule has 0 aliphatic heterocycles. The van der Waals surface area contributed by atoms with E-state index in [0.29, 0.717) is 17.9 Å². The minimum absolute atomic E-state index is 0.297. The smallest absolute Gasteiger partial charge is 0.124 e. The van der Waals surface area contributed by atoms with Crippen LogP contribution in [-0.2, 0) is 6.54 Å². The third-order valence-corrected chi connectivity index (χ3v) is 2.42. The van der Waals surface area contributed by atoms with E-state index in [-0.39, 0.29) is 0 Å². The van der Waals surface area contributed by atoms with Crippen molar-refractivity contribution in [1.29, 1.82) is 5.26 Å². The summed E-state index contributed by atoms with van der Waals surface area (Å²) in [6.07, 6.45) is 0. The molecule has 0 heterocycles. The van der Waals surface area contributed by atoms with Gasteiger partial charge in [-0.3, -0.25) is 0 Å². The van der Waals surface area contributed by atoms with Crippen LogP contribution >= 0.6 is 15.9 Å². The molecule has 0 amide bonds. The number of nitrogens with zero attached hydrogens (tertiary/aromatic N) is 1. The zero-order chi connectivity index (χ0) is 9.84. The summed E-state index contributed by atoms with van der Waals surface area (Å²) < 4.78 is 5.83. The Labute approximate surface area is 85.2 Å². The Kier molecular flexibility index (Phi) is 3.29. The summed E-state index contributed by atoms with van der Waals surface area (Å²) in [6, 6.07) is 5.64. The van der Waals surface area contributed by atoms with Crippen LogP contribution in [0.3, 0.4) is 0 Å². The molecule has 0 unspecified atom stereocenters. The van der Waals surface area contributed by atoms with E-state index in [0.717, 1.165) is 10.0 Å². The fraction of sp³-hybridized carbons (Fsp3) is 0.222.